The lowest BCUT2D eigenvalue weighted by Gasteiger charge is -2.33. The summed E-state index contributed by atoms with van der Waals surface area (Å²) in [5, 5.41) is 0. The summed E-state index contributed by atoms with van der Waals surface area (Å²) in [5.41, 5.74) is 7.60. The number of nitrogens with two attached hydrogens (primary N) is 1. The molecule has 1 saturated heterocycles. The Hall–Kier alpha value is -1.68. The molecule has 1 aromatic carbocycles. The van der Waals surface area contributed by atoms with Crippen molar-refractivity contribution in [3.63, 3.8) is 0 Å². The van der Waals surface area contributed by atoms with Crippen molar-refractivity contribution in [2.45, 2.75) is 19.3 Å². The molecular weight excluding hydrogens is 236 g/mol. The number of piperidine rings is 1. The highest BCUT2D eigenvalue weighted by molar-refractivity contribution is 5.75. The van der Waals surface area contributed by atoms with Crippen LogP contribution < -0.4 is 10.6 Å². The Kier molecular flexibility index (Phi) is 3.60. The molecule has 0 aliphatic carbocycles. The summed E-state index contributed by atoms with van der Waals surface area (Å²) < 4.78 is 0. The van der Waals surface area contributed by atoms with Gasteiger partial charge in [-0.2, -0.15) is 0 Å². The zero-order valence-corrected chi connectivity index (χ0v) is 11.1. The van der Waals surface area contributed by atoms with Crippen LogP contribution in [0.4, 0.5) is 5.82 Å². The molecule has 1 aromatic heterocycles. The van der Waals surface area contributed by atoms with Crippen LogP contribution in [0.1, 0.15) is 19.3 Å². The summed E-state index contributed by atoms with van der Waals surface area (Å²) in [5.74, 6) is 1.70. The highest BCUT2D eigenvalue weighted by Gasteiger charge is 2.20. The molecule has 4 heteroatoms. The second-order valence-electron chi connectivity index (χ2n) is 5.25. The molecule has 1 fully saturated rings. The topological polar surface area (TPSA) is 55.0 Å². The first-order valence-electron chi connectivity index (χ1n) is 7.03. The molecule has 3 rings (SSSR count). The largest absolute Gasteiger partial charge is 0.355 e. The van der Waals surface area contributed by atoms with Gasteiger partial charge in [0.1, 0.15) is 5.82 Å². The van der Waals surface area contributed by atoms with E-state index in [2.05, 4.69) is 9.88 Å². The molecule has 2 heterocycles. The molecule has 2 aromatic rings. The van der Waals surface area contributed by atoms with Crippen molar-refractivity contribution < 1.29 is 0 Å². The van der Waals surface area contributed by atoms with Crippen LogP contribution in [0.2, 0.25) is 0 Å². The highest BCUT2D eigenvalue weighted by Crippen LogP contribution is 2.24. The van der Waals surface area contributed by atoms with E-state index in [1.54, 1.807) is 0 Å². The van der Waals surface area contributed by atoms with Gasteiger partial charge in [0.05, 0.1) is 17.2 Å². The minimum absolute atomic E-state index is 0.701. The summed E-state index contributed by atoms with van der Waals surface area (Å²) in [4.78, 5) is 11.6. The molecule has 0 spiro atoms. The van der Waals surface area contributed by atoms with Crippen molar-refractivity contribution in [1.29, 1.82) is 0 Å². The van der Waals surface area contributed by atoms with Gasteiger partial charge in [-0.1, -0.05) is 12.1 Å². The summed E-state index contributed by atoms with van der Waals surface area (Å²) in [6.45, 7) is 2.92. The van der Waals surface area contributed by atoms with Crippen molar-refractivity contribution >= 4 is 16.9 Å². The Balaban J connectivity index is 1.83. The first-order valence-corrected chi connectivity index (χ1v) is 7.03. The lowest BCUT2D eigenvalue weighted by Crippen LogP contribution is -2.36. The van der Waals surface area contributed by atoms with E-state index in [0.29, 0.717) is 5.92 Å². The fraction of sp³-hybridized carbons (Fsp3) is 0.467. The van der Waals surface area contributed by atoms with E-state index < -0.39 is 0 Å². The zero-order chi connectivity index (χ0) is 13.1. The molecule has 0 saturated carbocycles. The van der Waals surface area contributed by atoms with Crippen LogP contribution in [0.3, 0.4) is 0 Å². The molecule has 1 aliphatic rings. The van der Waals surface area contributed by atoms with Crippen LogP contribution in [0.15, 0.2) is 30.5 Å². The van der Waals surface area contributed by atoms with Gasteiger partial charge in [0.15, 0.2) is 0 Å². The van der Waals surface area contributed by atoms with E-state index in [0.717, 1.165) is 42.9 Å². The molecule has 100 valence electrons. The van der Waals surface area contributed by atoms with Crippen molar-refractivity contribution in [3.8, 4) is 0 Å². The Labute approximate surface area is 113 Å². The maximum Gasteiger partial charge on any atom is 0.147 e. The summed E-state index contributed by atoms with van der Waals surface area (Å²) >= 11 is 0. The van der Waals surface area contributed by atoms with Gasteiger partial charge in [-0.3, -0.25) is 4.98 Å². The van der Waals surface area contributed by atoms with Crippen LogP contribution in [0, 0.1) is 5.92 Å². The molecule has 0 bridgehead atoms. The van der Waals surface area contributed by atoms with Gasteiger partial charge >= 0.3 is 0 Å². The van der Waals surface area contributed by atoms with E-state index in [9.17, 15) is 0 Å². The van der Waals surface area contributed by atoms with Crippen molar-refractivity contribution in [3.05, 3.63) is 30.5 Å². The molecule has 2 N–H and O–H groups in total. The van der Waals surface area contributed by atoms with E-state index in [4.69, 9.17) is 10.7 Å². The first kappa shape index (κ1) is 12.4. The van der Waals surface area contributed by atoms with Gasteiger partial charge in [-0.15, -0.1) is 0 Å². The SMILES string of the molecule is NCCC1CCCN(c2cnc3ccccc3n2)C1. The van der Waals surface area contributed by atoms with E-state index in [1.807, 2.05) is 30.5 Å². The van der Waals surface area contributed by atoms with Crippen LogP contribution in [-0.4, -0.2) is 29.6 Å². The van der Waals surface area contributed by atoms with Crippen molar-refractivity contribution in [2.24, 2.45) is 11.7 Å². The first-order chi connectivity index (χ1) is 9.36. The zero-order valence-electron chi connectivity index (χ0n) is 11.1. The third-order valence-corrected chi connectivity index (χ3v) is 3.85. The van der Waals surface area contributed by atoms with Gasteiger partial charge in [0.25, 0.3) is 0 Å². The van der Waals surface area contributed by atoms with Crippen LogP contribution in [-0.2, 0) is 0 Å². The molecule has 1 atom stereocenters. The maximum atomic E-state index is 5.67. The number of fused-ring (bicyclic) bond motifs is 1. The lowest BCUT2D eigenvalue weighted by molar-refractivity contribution is 0.394. The number of hydrogen-bond donors (Lipinski definition) is 1. The fourth-order valence-corrected chi connectivity index (χ4v) is 2.84. The number of benzene rings is 1. The van der Waals surface area contributed by atoms with Gasteiger partial charge in [0, 0.05) is 13.1 Å². The Morgan fingerprint density at radius 3 is 2.95 bits per heavy atom. The Morgan fingerprint density at radius 2 is 2.11 bits per heavy atom. The van der Waals surface area contributed by atoms with Crippen LogP contribution >= 0.6 is 0 Å². The van der Waals surface area contributed by atoms with Crippen molar-refractivity contribution in [1.82, 2.24) is 9.97 Å². The van der Waals surface area contributed by atoms with Gasteiger partial charge in [-0.25, -0.2) is 4.98 Å². The second-order valence-corrected chi connectivity index (χ2v) is 5.25. The summed E-state index contributed by atoms with van der Waals surface area (Å²) in [6.07, 6.45) is 5.51. The Bertz CT molecular complexity index is 553. The predicted molar refractivity (Wildman–Crippen MR) is 78.1 cm³/mol. The third-order valence-electron chi connectivity index (χ3n) is 3.85. The molecule has 1 aliphatic heterocycles. The maximum absolute atomic E-state index is 5.67. The van der Waals surface area contributed by atoms with Gasteiger partial charge < -0.3 is 10.6 Å². The number of rotatable bonds is 3. The molecular formula is C15H20N4. The smallest absolute Gasteiger partial charge is 0.147 e. The molecule has 19 heavy (non-hydrogen) atoms. The minimum atomic E-state index is 0.701. The van der Waals surface area contributed by atoms with Crippen LogP contribution in [0.5, 0.6) is 0 Å². The molecule has 1 unspecified atom stereocenters. The van der Waals surface area contributed by atoms with Gasteiger partial charge in [-0.05, 0) is 43.9 Å². The van der Waals surface area contributed by atoms with E-state index in [1.165, 1.54) is 12.8 Å². The normalized spacial score (nSPS) is 19.8. The Morgan fingerprint density at radius 1 is 1.26 bits per heavy atom. The minimum Gasteiger partial charge on any atom is -0.355 e. The summed E-state index contributed by atoms with van der Waals surface area (Å²) in [7, 11) is 0. The third kappa shape index (κ3) is 2.68. The van der Waals surface area contributed by atoms with E-state index in [-0.39, 0.29) is 0 Å². The quantitative estimate of drug-likeness (QED) is 0.914. The summed E-state index contributed by atoms with van der Waals surface area (Å²) in [6, 6.07) is 8.02. The van der Waals surface area contributed by atoms with Crippen LogP contribution in [0.25, 0.3) is 11.0 Å². The highest BCUT2D eigenvalue weighted by atomic mass is 15.2. The molecule has 4 nitrogen and oxygen atoms in total. The standard InChI is InChI=1S/C15H20N4/c16-8-7-12-4-3-9-19(11-12)15-10-17-13-5-1-2-6-14(13)18-15/h1-2,5-6,10,12H,3-4,7-9,11,16H2. The predicted octanol–water partition coefficient (Wildman–Crippen LogP) is 2.20. The number of anilines is 1. The lowest BCUT2D eigenvalue weighted by atomic mass is 9.95. The van der Waals surface area contributed by atoms with E-state index >= 15 is 0 Å². The number of aromatic nitrogens is 2. The number of para-hydroxylation sites is 2. The van der Waals surface area contributed by atoms with Gasteiger partial charge in [0.2, 0.25) is 0 Å². The number of nitrogens with zero attached hydrogens (tertiary/aromatic N) is 3. The average Bonchev–Trinajstić information content (AvgIpc) is 2.47. The molecule has 0 radical (unpaired) electrons. The van der Waals surface area contributed by atoms with Crippen molar-refractivity contribution in [2.75, 3.05) is 24.5 Å². The fourth-order valence-electron chi connectivity index (χ4n) is 2.84. The monoisotopic (exact) mass is 256 g/mol. The molecule has 0 amide bonds. The number of hydrogen-bond acceptors (Lipinski definition) is 4. The second kappa shape index (κ2) is 5.53. The average molecular weight is 256 g/mol.